The molecule has 2 aromatic rings. The number of benzene rings is 2. The Labute approximate surface area is 122 Å². The number of hydrogen-bond donors (Lipinski definition) is 0. The van der Waals surface area contributed by atoms with Gasteiger partial charge in [0.25, 0.3) is 0 Å². The van der Waals surface area contributed by atoms with Crippen LogP contribution in [0.5, 0.6) is 5.75 Å². The Kier molecular flexibility index (Phi) is 4.24. The number of ether oxygens (including phenoxy) is 1. The lowest BCUT2D eigenvalue weighted by Gasteiger charge is -2.09. The summed E-state index contributed by atoms with van der Waals surface area (Å²) in [5, 5.41) is 8.89. The summed E-state index contributed by atoms with van der Waals surface area (Å²) in [6.07, 6.45) is 0. The Balaban J connectivity index is 2.41. The highest BCUT2D eigenvalue weighted by atomic mass is 32.2. The maximum Gasteiger partial charge on any atom is 0.182 e. The van der Waals surface area contributed by atoms with Crippen LogP contribution in [0.2, 0.25) is 0 Å². The van der Waals surface area contributed by atoms with E-state index in [1.54, 1.807) is 12.1 Å². The Bertz CT molecular complexity index is 793. The number of sulfone groups is 1. The number of nitrogens with zero attached hydrogens (tertiary/aromatic N) is 1. The molecule has 0 N–H and O–H groups in total. The minimum absolute atomic E-state index is 0.0216. The van der Waals surface area contributed by atoms with Crippen LogP contribution in [0.4, 0.5) is 4.39 Å². The smallest absolute Gasteiger partial charge is 0.182 e. The van der Waals surface area contributed by atoms with E-state index in [0.717, 1.165) is 12.1 Å². The molecule has 0 fully saturated rings. The van der Waals surface area contributed by atoms with Gasteiger partial charge in [0.1, 0.15) is 11.6 Å². The van der Waals surface area contributed by atoms with E-state index in [4.69, 9.17) is 10.00 Å². The third-order valence-corrected chi connectivity index (χ3v) is 4.61. The second kappa shape index (κ2) is 5.94. The minimum Gasteiger partial charge on any atom is -0.496 e. The highest BCUT2D eigenvalue weighted by Crippen LogP contribution is 2.25. The topological polar surface area (TPSA) is 67.2 Å². The highest BCUT2D eigenvalue weighted by Gasteiger charge is 2.18. The summed E-state index contributed by atoms with van der Waals surface area (Å²) in [6.45, 7) is 0. The van der Waals surface area contributed by atoms with Crippen molar-refractivity contribution in [3.63, 3.8) is 0 Å². The van der Waals surface area contributed by atoms with Crippen LogP contribution in [0, 0.1) is 17.1 Å². The summed E-state index contributed by atoms with van der Waals surface area (Å²) >= 11 is 0. The number of rotatable bonds is 4. The van der Waals surface area contributed by atoms with Gasteiger partial charge in [-0.05, 0) is 42.5 Å². The van der Waals surface area contributed by atoms with Gasteiger partial charge in [0.15, 0.2) is 9.84 Å². The monoisotopic (exact) mass is 305 g/mol. The van der Waals surface area contributed by atoms with Crippen LogP contribution < -0.4 is 4.74 Å². The number of methoxy groups -OCH3 is 1. The maximum atomic E-state index is 12.9. The van der Waals surface area contributed by atoms with Crippen LogP contribution in [-0.2, 0) is 15.6 Å². The van der Waals surface area contributed by atoms with Gasteiger partial charge in [0.2, 0.25) is 0 Å². The van der Waals surface area contributed by atoms with Crippen molar-refractivity contribution in [3.05, 3.63) is 59.4 Å². The van der Waals surface area contributed by atoms with E-state index in [2.05, 4.69) is 0 Å². The summed E-state index contributed by atoms with van der Waals surface area (Å²) in [6, 6.07) is 11.1. The summed E-state index contributed by atoms with van der Waals surface area (Å²) in [5.74, 6) is -0.435. The van der Waals surface area contributed by atoms with Crippen LogP contribution in [0.1, 0.15) is 11.1 Å². The van der Waals surface area contributed by atoms with E-state index in [0.29, 0.717) is 16.9 Å². The summed E-state index contributed by atoms with van der Waals surface area (Å²) < 4.78 is 42.6. The second-order valence-electron chi connectivity index (χ2n) is 4.35. The fraction of sp³-hybridized carbons (Fsp3) is 0.133. The molecule has 4 nitrogen and oxygen atoms in total. The molecule has 108 valence electrons. The van der Waals surface area contributed by atoms with E-state index in [-0.39, 0.29) is 10.6 Å². The molecule has 0 radical (unpaired) electrons. The summed E-state index contributed by atoms with van der Waals surface area (Å²) in [5.41, 5.74) is 0.737. The fourth-order valence-electron chi connectivity index (χ4n) is 1.89. The third-order valence-electron chi connectivity index (χ3n) is 2.93. The van der Waals surface area contributed by atoms with Crippen LogP contribution in [-0.4, -0.2) is 15.5 Å². The zero-order valence-electron chi connectivity index (χ0n) is 11.2. The predicted molar refractivity (Wildman–Crippen MR) is 75.0 cm³/mol. The van der Waals surface area contributed by atoms with Crippen molar-refractivity contribution in [2.75, 3.05) is 7.11 Å². The molecule has 0 amide bonds. The fourth-order valence-corrected chi connectivity index (χ4v) is 3.24. The van der Waals surface area contributed by atoms with E-state index >= 15 is 0 Å². The normalized spacial score (nSPS) is 10.9. The Morgan fingerprint density at radius 1 is 1.19 bits per heavy atom. The second-order valence-corrected chi connectivity index (χ2v) is 6.34. The van der Waals surface area contributed by atoms with E-state index in [1.807, 2.05) is 6.07 Å². The average molecular weight is 305 g/mol. The van der Waals surface area contributed by atoms with Gasteiger partial charge < -0.3 is 4.74 Å². The number of halogens is 1. The van der Waals surface area contributed by atoms with E-state index in [9.17, 15) is 12.8 Å². The molecule has 0 heterocycles. The molecule has 0 aliphatic heterocycles. The molecule has 0 unspecified atom stereocenters. The van der Waals surface area contributed by atoms with Crippen molar-refractivity contribution in [2.24, 2.45) is 0 Å². The molecule has 0 saturated heterocycles. The highest BCUT2D eigenvalue weighted by molar-refractivity contribution is 7.90. The lowest BCUT2D eigenvalue weighted by atomic mass is 10.1. The van der Waals surface area contributed by atoms with Crippen LogP contribution in [0.15, 0.2) is 47.4 Å². The number of hydrogen-bond acceptors (Lipinski definition) is 4. The standard InChI is InChI=1S/C15H12FNO3S/c1-20-15-7-2-11(9-17)8-12(15)10-21(18,19)14-5-3-13(16)4-6-14/h2-8H,10H2,1H3. The molecule has 0 saturated carbocycles. The quantitative estimate of drug-likeness (QED) is 0.814. The van der Waals surface area contributed by atoms with Gasteiger partial charge in [-0.25, -0.2) is 12.8 Å². The van der Waals surface area contributed by atoms with Crippen molar-refractivity contribution in [1.29, 1.82) is 5.26 Å². The van der Waals surface area contributed by atoms with E-state index in [1.165, 1.54) is 25.3 Å². The van der Waals surface area contributed by atoms with Gasteiger partial charge in [-0.3, -0.25) is 0 Å². The van der Waals surface area contributed by atoms with Gasteiger partial charge >= 0.3 is 0 Å². The first-order chi connectivity index (χ1) is 9.96. The molecule has 0 bridgehead atoms. The molecular weight excluding hydrogens is 293 g/mol. The Morgan fingerprint density at radius 2 is 1.86 bits per heavy atom. The molecule has 0 aliphatic rings. The summed E-state index contributed by atoms with van der Waals surface area (Å²) in [7, 11) is -2.22. The van der Waals surface area contributed by atoms with Crippen LogP contribution >= 0.6 is 0 Å². The van der Waals surface area contributed by atoms with Crippen molar-refractivity contribution >= 4 is 9.84 Å². The van der Waals surface area contributed by atoms with Crippen molar-refractivity contribution in [3.8, 4) is 11.8 Å². The first kappa shape index (κ1) is 15.0. The summed E-state index contributed by atoms with van der Waals surface area (Å²) in [4.78, 5) is 0.0216. The van der Waals surface area contributed by atoms with Crippen molar-refractivity contribution in [2.45, 2.75) is 10.6 Å². The zero-order valence-corrected chi connectivity index (χ0v) is 12.0. The molecule has 0 atom stereocenters. The number of nitriles is 1. The molecule has 2 rings (SSSR count). The predicted octanol–water partition coefficient (Wildman–Crippen LogP) is 2.68. The molecule has 0 aliphatic carbocycles. The van der Waals surface area contributed by atoms with Gasteiger partial charge in [0.05, 0.1) is 29.4 Å². The minimum atomic E-state index is -3.64. The SMILES string of the molecule is COc1ccc(C#N)cc1CS(=O)(=O)c1ccc(F)cc1. The largest absolute Gasteiger partial charge is 0.496 e. The third kappa shape index (κ3) is 3.38. The first-order valence-corrected chi connectivity index (χ1v) is 7.67. The lowest BCUT2D eigenvalue weighted by molar-refractivity contribution is 0.411. The van der Waals surface area contributed by atoms with Gasteiger partial charge in [-0.1, -0.05) is 0 Å². The van der Waals surface area contributed by atoms with Gasteiger partial charge in [0, 0.05) is 5.56 Å². The first-order valence-electron chi connectivity index (χ1n) is 6.01. The molecule has 21 heavy (non-hydrogen) atoms. The molecule has 0 spiro atoms. The van der Waals surface area contributed by atoms with E-state index < -0.39 is 15.7 Å². The zero-order chi connectivity index (χ0) is 15.5. The maximum absolute atomic E-state index is 12.9. The Morgan fingerprint density at radius 3 is 2.43 bits per heavy atom. The van der Waals surface area contributed by atoms with Gasteiger partial charge in [-0.15, -0.1) is 0 Å². The van der Waals surface area contributed by atoms with Crippen LogP contribution in [0.3, 0.4) is 0 Å². The molecule has 2 aromatic carbocycles. The Hall–Kier alpha value is -2.39. The molecule has 6 heteroatoms. The molecule has 0 aromatic heterocycles. The average Bonchev–Trinajstić information content (AvgIpc) is 2.47. The molecular formula is C15H12FNO3S. The lowest BCUT2D eigenvalue weighted by Crippen LogP contribution is -2.06. The van der Waals surface area contributed by atoms with Crippen LogP contribution in [0.25, 0.3) is 0 Å². The van der Waals surface area contributed by atoms with Crippen molar-refractivity contribution < 1.29 is 17.5 Å². The van der Waals surface area contributed by atoms with Crippen molar-refractivity contribution in [1.82, 2.24) is 0 Å². The van der Waals surface area contributed by atoms with Gasteiger partial charge in [-0.2, -0.15) is 5.26 Å².